The fraction of sp³-hybridized carbons (Fsp3) is 0.464. The van der Waals surface area contributed by atoms with Gasteiger partial charge in [0.25, 0.3) is 0 Å². The molecule has 1 saturated carbocycles. The standard InChI is InChI=1S/C28H36N2O5S/c1-19(2)24(36)25(31)30-28(15-7-8-16-28)27(33)29-23(17-20-11-13-22(34-3)14-12-20)26(32)35-18-21-9-5-4-6-10-21/h4-6,9-14,19,23-24,36H,7-8,15-18H2,1-3H3,(H,29,33)(H,30,31)/t23-,24-/m0/s1. The molecule has 0 heterocycles. The van der Waals surface area contributed by atoms with E-state index in [1.807, 2.05) is 56.3 Å². The summed E-state index contributed by atoms with van der Waals surface area (Å²) in [5.41, 5.74) is 0.635. The zero-order chi connectivity index (χ0) is 26.1. The van der Waals surface area contributed by atoms with Gasteiger partial charge < -0.3 is 20.1 Å². The molecule has 0 aromatic heterocycles. The second kappa shape index (κ2) is 12.8. The highest BCUT2D eigenvalue weighted by atomic mass is 32.1. The van der Waals surface area contributed by atoms with Gasteiger partial charge in [0.1, 0.15) is 23.9 Å². The average Bonchev–Trinajstić information content (AvgIpc) is 3.37. The molecule has 3 rings (SSSR count). The van der Waals surface area contributed by atoms with E-state index in [0.29, 0.717) is 18.6 Å². The first-order valence-corrected chi connectivity index (χ1v) is 12.9. The first-order chi connectivity index (χ1) is 17.2. The zero-order valence-electron chi connectivity index (χ0n) is 21.2. The Hall–Kier alpha value is -3.00. The van der Waals surface area contributed by atoms with Crippen molar-refractivity contribution in [1.82, 2.24) is 10.6 Å². The Labute approximate surface area is 218 Å². The summed E-state index contributed by atoms with van der Waals surface area (Å²) in [5, 5.41) is 5.33. The number of nitrogens with one attached hydrogen (secondary N) is 2. The summed E-state index contributed by atoms with van der Waals surface area (Å²) < 4.78 is 10.8. The first kappa shape index (κ1) is 27.6. The predicted octanol–water partition coefficient (Wildman–Crippen LogP) is 3.85. The van der Waals surface area contributed by atoms with Crippen LogP contribution in [0.4, 0.5) is 0 Å². The van der Waals surface area contributed by atoms with Crippen LogP contribution in [0.2, 0.25) is 0 Å². The number of hydrogen-bond acceptors (Lipinski definition) is 6. The molecule has 2 aromatic carbocycles. The third-order valence-corrected chi connectivity index (χ3v) is 7.40. The number of methoxy groups -OCH3 is 1. The molecule has 36 heavy (non-hydrogen) atoms. The molecule has 2 N–H and O–H groups in total. The SMILES string of the molecule is COc1ccc(C[C@H](NC(=O)C2(NC(=O)[C@@H](S)C(C)C)CCCC2)C(=O)OCc2ccccc2)cc1. The van der Waals surface area contributed by atoms with E-state index in [1.54, 1.807) is 19.2 Å². The van der Waals surface area contributed by atoms with Gasteiger partial charge in [0, 0.05) is 6.42 Å². The Morgan fingerprint density at radius 3 is 2.19 bits per heavy atom. The summed E-state index contributed by atoms with van der Waals surface area (Å²) in [5.74, 6) is -0.455. The van der Waals surface area contributed by atoms with Crippen LogP contribution < -0.4 is 15.4 Å². The highest BCUT2D eigenvalue weighted by molar-refractivity contribution is 7.81. The molecule has 0 unspecified atom stereocenters. The second-order valence-electron chi connectivity index (χ2n) is 9.64. The fourth-order valence-corrected chi connectivity index (χ4v) is 4.38. The first-order valence-electron chi connectivity index (χ1n) is 12.4. The Morgan fingerprint density at radius 1 is 0.972 bits per heavy atom. The van der Waals surface area contributed by atoms with E-state index in [0.717, 1.165) is 24.0 Å². The van der Waals surface area contributed by atoms with E-state index >= 15 is 0 Å². The molecule has 194 valence electrons. The van der Waals surface area contributed by atoms with Crippen molar-refractivity contribution in [3.8, 4) is 5.75 Å². The predicted molar refractivity (Wildman–Crippen MR) is 142 cm³/mol. The summed E-state index contributed by atoms with van der Waals surface area (Å²) in [6, 6.07) is 15.8. The Morgan fingerprint density at radius 2 is 1.61 bits per heavy atom. The quantitative estimate of drug-likeness (QED) is 0.314. The molecule has 1 aliphatic rings. The van der Waals surface area contributed by atoms with Crippen molar-refractivity contribution in [3.05, 3.63) is 65.7 Å². The third kappa shape index (κ3) is 7.26. The van der Waals surface area contributed by atoms with Crippen molar-refractivity contribution in [1.29, 1.82) is 0 Å². The zero-order valence-corrected chi connectivity index (χ0v) is 22.1. The van der Waals surface area contributed by atoms with Gasteiger partial charge in [-0.25, -0.2) is 4.79 Å². The van der Waals surface area contributed by atoms with Crippen molar-refractivity contribution < 1.29 is 23.9 Å². The van der Waals surface area contributed by atoms with Crippen molar-refractivity contribution in [2.75, 3.05) is 7.11 Å². The Kier molecular flexibility index (Phi) is 9.81. The molecular weight excluding hydrogens is 476 g/mol. The molecule has 0 bridgehead atoms. The molecule has 7 nitrogen and oxygen atoms in total. The Bertz CT molecular complexity index is 1020. The number of rotatable bonds is 11. The van der Waals surface area contributed by atoms with Gasteiger partial charge in [0.05, 0.1) is 12.4 Å². The summed E-state index contributed by atoms with van der Waals surface area (Å²) in [6.45, 7) is 3.92. The van der Waals surface area contributed by atoms with Crippen LogP contribution in [-0.2, 0) is 32.1 Å². The van der Waals surface area contributed by atoms with E-state index in [-0.39, 0.29) is 30.8 Å². The monoisotopic (exact) mass is 512 g/mol. The summed E-state index contributed by atoms with van der Waals surface area (Å²) in [6.07, 6.45) is 2.89. The lowest BCUT2D eigenvalue weighted by atomic mass is 9.94. The van der Waals surface area contributed by atoms with Gasteiger partial charge in [-0.05, 0) is 42.0 Å². The van der Waals surface area contributed by atoms with Crippen molar-refractivity contribution in [2.24, 2.45) is 5.92 Å². The van der Waals surface area contributed by atoms with Crippen molar-refractivity contribution in [3.63, 3.8) is 0 Å². The number of benzene rings is 2. The topological polar surface area (TPSA) is 93.7 Å². The number of hydrogen-bond donors (Lipinski definition) is 3. The Balaban J connectivity index is 1.77. The molecule has 8 heteroatoms. The molecule has 0 radical (unpaired) electrons. The molecule has 1 fully saturated rings. The van der Waals surface area contributed by atoms with E-state index in [1.165, 1.54) is 0 Å². The number of thiol groups is 1. The smallest absolute Gasteiger partial charge is 0.329 e. The fourth-order valence-electron chi connectivity index (χ4n) is 4.32. The summed E-state index contributed by atoms with van der Waals surface area (Å²) >= 11 is 4.42. The normalized spacial score (nSPS) is 16.1. The van der Waals surface area contributed by atoms with Crippen LogP contribution >= 0.6 is 12.6 Å². The molecule has 0 saturated heterocycles. The van der Waals surface area contributed by atoms with Gasteiger partial charge in [-0.2, -0.15) is 12.6 Å². The van der Waals surface area contributed by atoms with Gasteiger partial charge in [0.2, 0.25) is 11.8 Å². The summed E-state index contributed by atoms with van der Waals surface area (Å²) in [7, 11) is 1.59. The number of esters is 1. The maximum atomic E-state index is 13.6. The van der Waals surface area contributed by atoms with E-state index < -0.39 is 22.8 Å². The van der Waals surface area contributed by atoms with Crippen LogP contribution in [0.1, 0.15) is 50.7 Å². The van der Waals surface area contributed by atoms with Crippen LogP contribution in [0.25, 0.3) is 0 Å². The molecule has 2 amide bonds. The number of amides is 2. The van der Waals surface area contributed by atoms with Crippen LogP contribution in [-0.4, -0.2) is 41.7 Å². The highest BCUT2D eigenvalue weighted by Gasteiger charge is 2.44. The molecular formula is C28H36N2O5S. The molecule has 0 spiro atoms. The summed E-state index contributed by atoms with van der Waals surface area (Å²) in [4.78, 5) is 39.6. The van der Waals surface area contributed by atoms with Crippen molar-refractivity contribution >= 4 is 30.4 Å². The molecule has 2 atom stereocenters. The van der Waals surface area contributed by atoms with Crippen LogP contribution in [0.3, 0.4) is 0 Å². The molecule has 2 aromatic rings. The lowest BCUT2D eigenvalue weighted by Crippen LogP contribution is -2.61. The van der Waals surface area contributed by atoms with Gasteiger partial charge >= 0.3 is 5.97 Å². The average molecular weight is 513 g/mol. The van der Waals surface area contributed by atoms with Crippen molar-refractivity contribution in [2.45, 2.75) is 69.4 Å². The van der Waals surface area contributed by atoms with Crippen LogP contribution in [0.15, 0.2) is 54.6 Å². The van der Waals surface area contributed by atoms with E-state index in [4.69, 9.17) is 9.47 Å². The lowest BCUT2D eigenvalue weighted by Gasteiger charge is -2.32. The van der Waals surface area contributed by atoms with Gasteiger partial charge in [0.15, 0.2) is 0 Å². The molecule has 1 aliphatic carbocycles. The largest absolute Gasteiger partial charge is 0.497 e. The third-order valence-electron chi connectivity index (χ3n) is 6.57. The van der Waals surface area contributed by atoms with Gasteiger partial charge in [-0.3, -0.25) is 9.59 Å². The highest BCUT2D eigenvalue weighted by Crippen LogP contribution is 2.31. The lowest BCUT2D eigenvalue weighted by molar-refractivity contribution is -0.150. The second-order valence-corrected chi connectivity index (χ2v) is 10.2. The van der Waals surface area contributed by atoms with E-state index in [9.17, 15) is 14.4 Å². The van der Waals surface area contributed by atoms with E-state index in [2.05, 4.69) is 23.3 Å². The molecule has 0 aliphatic heterocycles. The van der Waals surface area contributed by atoms with Gasteiger partial charge in [-0.15, -0.1) is 0 Å². The number of ether oxygens (including phenoxy) is 2. The minimum absolute atomic E-state index is 0.0191. The van der Waals surface area contributed by atoms with Crippen LogP contribution in [0.5, 0.6) is 5.75 Å². The number of carbonyl (C=O) groups excluding carboxylic acids is 3. The maximum absolute atomic E-state index is 13.6. The maximum Gasteiger partial charge on any atom is 0.329 e. The minimum Gasteiger partial charge on any atom is -0.497 e. The van der Waals surface area contributed by atoms with Crippen LogP contribution in [0, 0.1) is 5.92 Å². The number of carbonyl (C=O) groups is 3. The minimum atomic E-state index is -1.06. The van der Waals surface area contributed by atoms with Gasteiger partial charge in [-0.1, -0.05) is 69.2 Å².